The Hall–Kier alpha value is -1.66. The van der Waals surface area contributed by atoms with Gasteiger partial charge >= 0.3 is 0 Å². The maximum absolute atomic E-state index is 11.9. The molecule has 6 heteroatoms. The van der Waals surface area contributed by atoms with Gasteiger partial charge in [0.15, 0.2) is 0 Å². The normalized spacial score (nSPS) is 15.8. The van der Waals surface area contributed by atoms with Crippen LogP contribution in [0.3, 0.4) is 0 Å². The molecule has 2 N–H and O–H groups in total. The van der Waals surface area contributed by atoms with Crippen molar-refractivity contribution in [2.75, 3.05) is 51.3 Å². The Kier molecular flexibility index (Phi) is 6.61. The molecule has 0 aliphatic carbocycles. The average molecular weight is 306 g/mol. The molecule has 0 bridgehead atoms. The lowest BCUT2D eigenvalue weighted by Crippen LogP contribution is -2.39. The highest BCUT2D eigenvalue weighted by molar-refractivity contribution is 5.92. The number of amides is 1. The third-order valence-electron chi connectivity index (χ3n) is 3.53. The summed E-state index contributed by atoms with van der Waals surface area (Å²) in [6.45, 7) is 10.3. The molecule has 22 heavy (non-hydrogen) atoms. The molecule has 1 fully saturated rings. The van der Waals surface area contributed by atoms with Gasteiger partial charge in [-0.1, -0.05) is 13.8 Å². The first-order chi connectivity index (χ1) is 10.6. The van der Waals surface area contributed by atoms with Gasteiger partial charge in [-0.25, -0.2) is 4.98 Å². The van der Waals surface area contributed by atoms with E-state index in [4.69, 9.17) is 4.74 Å². The molecule has 1 aliphatic rings. The average Bonchev–Trinajstić information content (AvgIpc) is 2.54. The standard InChI is InChI=1S/C16H26N4O2/c1-13(2)11-19-16(21)15-4-3-14(12-18-15)17-5-6-20-7-9-22-10-8-20/h3-4,12-13,17H,5-11H2,1-2H3,(H,19,21). The molecule has 0 spiro atoms. The van der Waals surface area contributed by atoms with Gasteiger partial charge in [-0.3, -0.25) is 9.69 Å². The van der Waals surface area contributed by atoms with E-state index in [0.717, 1.165) is 45.1 Å². The highest BCUT2D eigenvalue weighted by Crippen LogP contribution is 2.06. The van der Waals surface area contributed by atoms with Crippen LogP contribution >= 0.6 is 0 Å². The number of rotatable bonds is 7. The van der Waals surface area contributed by atoms with Crippen molar-refractivity contribution in [2.24, 2.45) is 5.92 Å². The number of carbonyl (C=O) groups is 1. The van der Waals surface area contributed by atoms with Crippen LogP contribution in [0.15, 0.2) is 18.3 Å². The van der Waals surface area contributed by atoms with Gasteiger partial charge in [0.2, 0.25) is 0 Å². The molecule has 6 nitrogen and oxygen atoms in total. The summed E-state index contributed by atoms with van der Waals surface area (Å²) in [4.78, 5) is 18.5. The van der Waals surface area contributed by atoms with Crippen molar-refractivity contribution in [1.29, 1.82) is 0 Å². The van der Waals surface area contributed by atoms with Gasteiger partial charge in [-0.15, -0.1) is 0 Å². The number of morpholine rings is 1. The van der Waals surface area contributed by atoms with E-state index in [1.54, 1.807) is 12.3 Å². The predicted molar refractivity (Wildman–Crippen MR) is 87.2 cm³/mol. The van der Waals surface area contributed by atoms with Gasteiger partial charge in [0, 0.05) is 32.7 Å². The van der Waals surface area contributed by atoms with Crippen molar-refractivity contribution in [3.63, 3.8) is 0 Å². The van der Waals surface area contributed by atoms with Crippen LogP contribution in [0.4, 0.5) is 5.69 Å². The molecule has 2 heterocycles. The van der Waals surface area contributed by atoms with E-state index < -0.39 is 0 Å². The van der Waals surface area contributed by atoms with Crippen molar-refractivity contribution in [3.8, 4) is 0 Å². The Morgan fingerprint density at radius 3 is 2.77 bits per heavy atom. The van der Waals surface area contributed by atoms with E-state index in [2.05, 4.69) is 34.4 Å². The maximum atomic E-state index is 11.9. The molecular formula is C16H26N4O2. The molecular weight excluding hydrogens is 280 g/mol. The number of aromatic nitrogens is 1. The van der Waals surface area contributed by atoms with Gasteiger partial charge < -0.3 is 15.4 Å². The minimum atomic E-state index is -0.117. The molecule has 1 aromatic rings. The fourth-order valence-electron chi connectivity index (χ4n) is 2.20. The zero-order valence-electron chi connectivity index (χ0n) is 13.5. The predicted octanol–water partition coefficient (Wildman–Crippen LogP) is 1.21. The van der Waals surface area contributed by atoms with E-state index in [0.29, 0.717) is 18.2 Å². The van der Waals surface area contributed by atoms with Crippen LogP contribution in [-0.2, 0) is 4.74 Å². The quantitative estimate of drug-likeness (QED) is 0.793. The highest BCUT2D eigenvalue weighted by Gasteiger charge is 2.10. The maximum Gasteiger partial charge on any atom is 0.269 e. The number of carbonyl (C=O) groups excluding carboxylic acids is 1. The molecule has 1 amide bonds. The summed E-state index contributed by atoms with van der Waals surface area (Å²) in [5.74, 6) is 0.318. The molecule has 0 atom stereocenters. The van der Waals surface area contributed by atoms with E-state index in [-0.39, 0.29) is 5.91 Å². The fraction of sp³-hybridized carbons (Fsp3) is 0.625. The lowest BCUT2D eigenvalue weighted by Gasteiger charge is -2.26. The first-order valence-electron chi connectivity index (χ1n) is 7.93. The molecule has 0 saturated carbocycles. The van der Waals surface area contributed by atoms with Crippen molar-refractivity contribution < 1.29 is 9.53 Å². The third-order valence-corrected chi connectivity index (χ3v) is 3.53. The van der Waals surface area contributed by atoms with E-state index in [1.807, 2.05) is 6.07 Å². The largest absolute Gasteiger partial charge is 0.383 e. The minimum absolute atomic E-state index is 0.117. The van der Waals surface area contributed by atoms with Gasteiger partial charge in [0.1, 0.15) is 5.69 Å². The number of hydrogen-bond acceptors (Lipinski definition) is 5. The Morgan fingerprint density at radius 2 is 2.14 bits per heavy atom. The molecule has 2 rings (SSSR count). The van der Waals surface area contributed by atoms with Crippen LogP contribution in [-0.4, -0.2) is 61.7 Å². The van der Waals surface area contributed by atoms with E-state index in [9.17, 15) is 4.79 Å². The SMILES string of the molecule is CC(C)CNC(=O)c1ccc(NCCN2CCOCC2)cn1. The van der Waals surface area contributed by atoms with Crippen LogP contribution in [0.1, 0.15) is 24.3 Å². The second-order valence-electron chi connectivity index (χ2n) is 5.92. The van der Waals surface area contributed by atoms with Crippen LogP contribution in [0.25, 0.3) is 0 Å². The van der Waals surface area contributed by atoms with Gasteiger partial charge in [-0.05, 0) is 18.1 Å². The number of anilines is 1. The summed E-state index contributed by atoms with van der Waals surface area (Å²) in [5, 5.41) is 6.20. The molecule has 1 aromatic heterocycles. The van der Waals surface area contributed by atoms with Crippen LogP contribution in [0.5, 0.6) is 0 Å². The number of nitrogens with zero attached hydrogens (tertiary/aromatic N) is 2. The van der Waals surface area contributed by atoms with Crippen molar-refractivity contribution in [1.82, 2.24) is 15.2 Å². The Balaban J connectivity index is 1.72. The van der Waals surface area contributed by atoms with E-state index in [1.165, 1.54) is 0 Å². The topological polar surface area (TPSA) is 66.5 Å². The summed E-state index contributed by atoms with van der Waals surface area (Å²) in [7, 11) is 0. The Morgan fingerprint density at radius 1 is 1.36 bits per heavy atom. The van der Waals surface area contributed by atoms with Gasteiger partial charge in [0.25, 0.3) is 5.91 Å². The van der Waals surface area contributed by atoms with Crippen LogP contribution < -0.4 is 10.6 Å². The number of pyridine rings is 1. The second kappa shape index (κ2) is 8.70. The smallest absolute Gasteiger partial charge is 0.269 e. The molecule has 1 saturated heterocycles. The minimum Gasteiger partial charge on any atom is -0.383 e. The Labute approximate surface area is 132 Å². The summed E-state index contributed by atoms with van der Waals surface area (Å²) in [6, 6.07) is 3.66. The summed E-state index contributed by atoms with van der Waals surface area (Å²) in [6.07, 6.45) is 1.71. The lowest BCUT2D eigenvalue weighted by atomic mass is 10.2. The zero-order valence-corrected chi connectivity index (χ0v) is 13.5. The molecule has 0 unspecified atom stereocenters. The van der Waals surface area contributed by atoms with Crippen LogP contribution in [0, 0.1) is 5.92 Å². The molecule has 0 aromatic carbocycles. The number of hydrogen-bond donors (Lipinski definition) is 2. The third kappa shape index (κ3) is 5.61. The van der Waals surface area contributed by atoms with Crippen molar-refractivity contribution in [2.45, 2.75) is 13.8 Å². The van der Waals surface area contributed by atoms with Gasteiger partial charge in [0.05, 0.1) is 25.1 Å². The van der Waals surface area contributed by atoms with Crippen LogP contribution in [0.2, 0.25) is 0 Å². The summed E-state index contributed by atoms with van der Waals surface area (Å²) < 4.78 is 5.32. The number of ether oxygens (including phenoxy) is 1. The van der Waals surface area contributed by atoms with Crippen molar-refractivity contribution in [3.05, 3.63) is 24.0 Å². The molecule has 122 valence electrons. The first kappa shape index (κ1) is 16.7. The van der Waals surface area contributed by atoms with Crippen molar-refractivity contribution >= 4 is 11.6 Å². The van der Waals surface area contributed by atoms with E-state index >= 15 is 0 Å². The fourth-order valence-corrected chi connectivity index (χ4v) is 2.20. The molecule has 0 radical (unpaired) electrons. The highest BCUT2D eigenvalue weighted by atomic mass is 16.5. The Bertz CT molecular complexity index is 456. The van der Waals surface area contributed by atoms with Gasteiger partial charge in [-0.2, -0.15) is 0 Å². The zero-order chi connectivity index (χ0) is 15.8. The summed E-state index contributed by atoms with van der Waals surface area (Å²) >= 11 is 0. The second-order valence-corrected chi connectivity index (χ2v) is 5.92. The first-order valence-corrected chi connectivity index (χ1v) is 7.93. The molecule has 1 aliphatic heterocycles. The lowest BCUT2D eigenvalue weighted by molar-refractivity contribution is 0.0398. The summed E-state index contributed by atoms with van der Waals surface area (Å²) in [5.41, 5.74) is 1.40. The monoisotopic (exact) mass is 306 g/mol. The number of nitrogens with one attached hydrogen (secondary N) is 2.